The van der Waals surface area contributed by atoms with Crippen LogP contribution in [0.15, 0.2) is 48.5 Å². The fraction of sp³-hybridized carbons (Fsp3) is 0.125. The molecule has 2 aromatic carbocycles. The summed E-state index contributed by atoms with van der Waals surface area (Å²) in [6.07, 6.45) is 0. The minimum Gasteiger partial charge on any atom is -0.366 e. The number of H-pyrrole nitrogens is 1. The molecule has 0 amide bonds. The van der Waals surface area contributed by atoms with E-state index in [2.05, 4.69) is 21.0 Å². The first kappa shape index (κ1) is 12.5. The lowest BCUT2D eigenvalue weighted by atomic mass is 10.3. The summed E-state index contributed by atoms with van der Waals surface area (Å²) in [6, 6.07) is 16.1. The van der Waals surface area contributed by atoms with E-state index in [9.17, 15) is 0 Å². The van der Waals surface area contributed by atoms with Crippen LogP contribution in [0.2, 0.25) is 0 Å². The van der Waals surface area contributed by atoms with Gasteiger partial charge in [0.25, 0.3) is 0 Å². The fourth-order valence-corrected chi connectivity index (χ4v) is 3.20. The number of hydrogen-bond acceptors (Lipinski definition) is 4. The maximum Gasteiger partial charge on any atom is 0.133 e. The summed E-state index contributed by atoms with van der Waals surface area (Å²) in [7, 11) is 0. The Labute approximate surface area is 125 Å². The molecule has 0 aliphatic carbocycles. The number of thiazole rings is 1. The normalized spacial score (nSPS) is 11.4. The van der Waals surface area contributed by atoms with Crippen LogP contribution in [0.4, 0.5) is 0 Å². The molecule has 4 aromatic rings. The minimum absolute atomic E-state index is 0.463. The van der Waals surface area contributed by atoms with Gasteiger partial charge in [-0.05, 0) is 24.3 Å². The van der Waals surface area contributed by atoms with Gasteiger partial charge < -0.3 is 9.72 Å². The number of ether oxygens (including phenoxy) is 1. The third kappa shape index (κ3) is 2.53. The molecular formula is C16H13N3OS. The van der Waals surface area contributed by atoms with Crippen LogP contribution in [0.3, 0.4) is 0 Å². The highest BCUT2D eigenvalue weighted by Gasteiger charge is 2.05. The van der Waals surface area contributed by atoms with E-state index in [0.29, 0.717) is 13.2 Å². The molecule has 0 fully saturated rings. The monoisotopic (exact) mass is 295 g/mol. The molecule has 0 aliphatic heterocycles. The summed E-state index contributed by atoms with van der Waals surface area (Å²) < 4.78 is 6.91. The van der Waals surface area contributed by atoms with Crippen LogP contribution in [0.1, 0.15) is 10.8 Å². The molecule has 21 heavy (non-hydrogen) atoms. The number of rotatable bonds is 4. The fourth-order valence-electron chi connectivity index (χ4n) is 2.29. The Morgan fingerprint density at radius 2 is 1.71 bits per heavy atom. The molecule has 4 nitrogen and oxygen atoms in total. The van der Waals surface area contributed by atoms with Crippen LogP contribution in [0.25, 0.3) is 21.3 Å². The molecule has 0 saturated carbocycles. The summed E-state index contributed by atoms with van der Waals surface area (Å²) in [4.78, 5) is 12.3. The predicted molar refractivity (Wildman–Crippen MR) is 84.2 cm³/mol. The van der Waals surface area contributed by atoms with Gasteiger partial charge in [0.15, 0.2) is 0 Å². The van der Waals surface area contributed by atoms with Crippen LogP contribution in [0.5, 0.6) is 0 Å². The van der Waals surface area contributed by atoms with E-state index in [4.69, 9.17) is 4.74 Å². The van der Waals surface area contributed by atoms with Gasteiger partial charge in [-0.15, -0.1) is 11.3 Å². The van der Waals surface area contributed by atoms with Gasteiger partial charge in [0, 0.05) is 0 Å². The van der Waals surface area contributed by atoms with Crippen molar-refractivity contribution in [3.63, 3.8) is 0 Å². The smallest absolute Gasteiger partial charge is 0.133 e. The second-order valence-electron chi connectivity index (χ2n) is 4.77. The Kier molecular flexibility index (Phi) is 3.14. The highest BCUT2D eigenvalue weighted by atomic mass is 32.1. The molecule has 2 aromatic heterocycles. The first-order valence-corrected chi connectivity index (χ1v) is 7.56. The quantitative estimate of drug-likeness (QED) is 0.621. The van der Waals surface area contributed by atoms with Gasteiger partial charge in [-0.2, -0.15) is 0 Å². The van der Waals surface area contributed by atoms with Gasteiger partial charge in [0.1, 0.15) is 17.4 Å². The molecule has 0 bridgehead atoms. The van der Waals surface area contributed by atoms with Crippen LogP contribution in [0, 0.1) is 0 Å². The Bertz CT molecular complexity index is 756. The molecule has 1 N–H and O–H groups in total. The first-order chi connectivity index (χ1) is 10.4. The number of fused-ring (bicyclic) bond motifs is 2. The number of aromatic nitrogens is 3. The third-order valence-electron chi connectivity index (χ3n) is 3.24. The SMILES string of the molecule is c1ccc2[nH]c(COCc3nc4ccccc4s3)nc2c1. The molecule has 2 heterocycles. The van der Waals surface area contributed by atoms with Gasteiger partial charge in [-0.25, -0.2) is 9.97 Å². The Morgan fingerprint density at radius 3 is 2.57 bits per heavy atom. The van der Waals surface area contributed by atoms with Crippen molar-refractivity contribution in [3.8, 4) is 0 Å². The molecule has 0 spiro atoms. The Balaban J connectivity index is 1.44. The van der Waals surface area contributed by atoms with Gasteiger partial charge in [0.05, 0.1) is 27.9 Å². The summed E-state index contributed by atoms with van der Waals surface area (Å²) in [5, 5.41) is 0.993. The molecule has 0 atom stereocenters. The zero-order chi connectivity index (χ0) is 14.1. The predicted octanol–water partition coefficient (Wildman–Crippen LogP) is 3.89. The largest absolute Gasteiger partial charge is 0.366 e. The highest BCUT2D eigenvalue weighted by molar-refractivity contribution is 7.18. The lowest BCUT2D eigenvalue weighted by Crippen LogP contribution is -1.95. The Morgan fingerprint density at radius 1 is 0.905 bits per heavy atom. The number of benzene rings is 2. The average Bonchev–Trinajstić information content (AvgIpc) is 3.09. The molecule has 104 valence electrons. The number of nitrogens with zero attached hydrogens (tertiary/aromatic N) is 2. The van der Waals surface area contributed by atoms with E-state index < -0.39 is 0 Å². The molecule has 0 aliphatic rings. The van der Waals surface area contributed by atoms with Crippen molar-refractivity contribution in [2.45, 2.75) is 13.2 Å². The second kappa shape index (κ2) is 5.27. The number of hydrogen-bond donors (Lipinski definition) is 1. The number of nitrogens with one attached hydrogen (secondary N) is 1. The lowest BCUT2D eigenvalue weighted by Gasteiger charge is -1.98. The van der Waals surface area contributed by atoms with E-state index in [1.807, 2.05) is 42.5 Å². The van der Waals surface area contributed by atoms with Crippen LogP contribution in [-0.4, -0.2) is 15.0 Å². The summed E-state index contributed by atoms with van der Waals surface area (Å²) in [5.74, 6) is 0.845. The van der Waals surface area contributed by atoms with Gasteiger partial charge in [-0.1, -0.05) is 24.3 Å². The van der Waals surface area contributed by atoms with E-state index in [-0.39, 0.29) is 0 Å². The molecule has 0 radical (unpaired) electrons. The maximum atomic E-state index is 5.72. The standard InChI is InChI=1S/C16H13N3OS/c1-2-6-12-11(5-1)17-15(18-12)9-20-10-16-19-13-7-3-4-8-14(13)21-16/h1-8H,9-10H2,(H,17,18). The number of para-hydroxylation sites is 3. The molecule has 4 rings (SSSR count). The zero-order valence-electron chi connectivity index (χ0n) is 11.2. The van der Waals surface area contributed by atoms with Crippen molar-refractivity contribution in [1.29, 1.82) is 0 Å². The molecule has 0 saturated heterocycles. The summed E-state index contributed by atoms with van der Waals surface area (Å²) in [6.45, 7) is 0.973. The molecular weight excluding hydrogens is 282 g/mol. The van der Waals surface area contributed by atoms with Crippen molar-refractivity contribution in [3.05, 3.63) is 59.4 Å². The van der Waals surface area contributed by atoms with E-state index in [1.165, 1.54) is 4.70 Å². The van der Waals surface area contributed by atoms with Gasteiger partial charge in [-0.3, -0.25) is 0 Å². The highest BCUT2D eigenvalue weighted by Crippen LogP contribution is 2.22. The van der Waals surface area contributed by atoms with Crippen molar-refractivity contribution in [2.24, 2.45) is 0 Å². The average molecular weight is 295 g/mol. The van der Waals surface area contributed by atoms with Crippen LogP contribution < -0.4 is 0 Å². The number of aromatic amines is 1. The summed E-state index contributed by atoms with van der Waals surface area (Å²) in [5.41, 5.74) is 3.04. The van der Waals surface area contributed by atoms with E-state index >= 15 is 0 Å². The molecule has 5 heteroatoms. The van der Waals surface area contributed by atoms with Crippen molar-refractivity contribution in [1.82, 2.24) is 15.0 Å². The zero-order valence-corrected chi connectivity index (χ0v) is 12.1. The first-order valence-electron chi connectivity index (χ1n) is 6.74. The van der Waals surface area contributed by atoms with Gasteiger partial charge in [0.2, 0.25) is 0 Å². The maximum absolute atomic E-state index is 5.72. The Hall–Kier alpha value is -2.24. The second-order valence-corrected chi connectivity index (χ2v) is 5.88. The molecule has 0 unspecified atom stereocenters. The third-order valence-corrected chi connectivity index (χ3v) is 4.25. The van der Waals surface area contributed by atoms with Crippen LogP contribution in [-0.2, 0) is 18.0 Å². The van der Waals surface area contributed by atoms with Crippen LogP contribution >= 0.6 is 11.3 Å². The van der Waals surface area contributed by atoms with E-state index in [0.717, 1.165) is 27.4 Å². The lowest BCUT2D eigenvalue weighted by molar-refractivity contribution is 0.102. The van der Waals surface area contributed by atoms with Gasteiger partial charge >= 0.3 is 0 Å². The van der Waals surface area contributed by atoms with Crippen molar-refractivity contribution in [2.75, 3.05) is 0 Å². The topological polar surface area (TPSA) is 50.8 Å². The van der Waals surface area contributed by atoms with Crippen molar-refractivity contribution < 1.29 is 4.74 Å². The van der Waals surface area contributed by atoms with E-state index in [1.54, 1.807) is 11.3 Å². The summed E-state index contributed by atoms with van der Waals surface area (Å²) >= 11 is 1.67. The minimum atomic E-state index is 0.463. The number of imidazole rings is 1. The van der Waals surface area contributed by atoms with Crippen molar-refractivity contribution >= 4 is 32.6 Å².